The molecule has 0 aliphatic heterocycles. The number of hydrogen-bond donors (Lipinski definition) is 2. The molecule has 0 aliphatic rings. The van der Waals surface area contributed by atoms with Crippen molar-refractivity contribution in [3.05, 3.63) is 16.1 Å². The molecule has 0 radical (unpaired) electrons. The maximum Gasteiger partial charge on any atom is 0.221 e. The summed E-state index contributed by atoms with van der Waals surface area (Å²) in [5.74, 6) is 0.0183. The first-order chi connectivity index (χ1) is 7.26. The molecule has 1 amide bonds. The van der Waals surface area contributed by atoms with E-state index in [0.717, 1.165) is 17.8 Å². The summed E-state index contributed by atoms with van der Waals surface area (Å²) in [6.45, 7) is 3.17. The molecule has 5 heteroatoms. The van der Waals surface area contributed by atoms with Crippen molar-refractivity contribution in [2.45, 2.75) is 26.2 Å². The highest BCUT2D eigenvalue weighted by Gasteiger charge is 2.02. The Morgan fingerprint density at radius 2 is 2.47 bits per heavy atom. The first kappa shape index (κ1) is 12.1. The Morgan fingerprint density at radius 1 is 1.67 bits per heavy atom. The highest BCUT2D eigenvalue weighted by atomic mass is 32.1. The van der Waals surface area contributed by atoms with Gasteiger partial charge < -0.3 is 11.1 Å². The number of aromatic nitrogens is 1. The second-order valence-electron chi connectivity index (χ2n) is 3.21. The van der Waals surface area contributed by atoms with Gasteiger partial charge in [0, 0.05) is 37.0 Å². The highest BCUT2D eigenvalue weighted by Crippen LogP contribution is 2.13. The van der Waals surface area contributed by atoms with E-state index >= 15 is 0 Å². The van der Waals surface area contributed by atoms with Crippen LogP contribution >= 0.6 is 11.3 Å². The molecule has 1 aromatic heterocycles. The lowest BCUT2D eigenvalue weighted by molar-refractivity contribution is -0.120. The first-order valence-corrected chi connectivity index (χ1v) is 5.98. The third-order valence-corrected chi connectivity index (χ3v) is 3.18. The van der Waals surface area contributed by atoms with Crippen LogP contribution in [0.5, 0.6) is 0 Å². The van der Waals surface area contributed by atoms with Crippen LogP contribution in [-0.2, 0) is 17.6 Å². The Labute approximate surface area is 93.9 Å². The van der Waals surface area contributed by atoms with Crippen molar-refractivity contribution in [1.29, 1.82) is 0 Å². The van der Waals surface area contributed by atoms with E-state index < -0.39 is 0 Å². The summed E-state index contributed by atoms with van der Waals surface area (Å²) in [6.07, 6.45) is 4.14. The van der Waals surface area contributed by atoms with E-state index in [4.69, 9.17) is 5.73 Å². The van der Waals surface area contributed by atoms with Crippen LogP contribution in [0.4, 0.5) is 0 Å². The van der Waals surface area contributed by atoms with Gasteiger partial charge in [0.2, 0.25) is 5.91 Å². The van der Waals surface area contributed by atoms with E-state index in [0.29, 0.717) is 19.5 Å². The number of amides is 1. The number of carbonyl (C=O) groups excluding carboxylic acids is 1. The number of hydrogen-bond acceptors (Lipinski definition) is 4. The molecular formula is C10H17N3OS. The van der Waals surface area contributed by atoms with Crippen LogP contribution in [0.15, 0.2) is 6.20 Å². The third-order valence-electron chi connectivity index (χ3n) is 1.98. The van der Waals surface area contributed by atoms with Crippen molar-refractivity contribution in [2.75, 3.05) is 13.1 Å². The molecule has 0 unspecified atom stereocenters. The minimum atomic E-state index is 0.0183. The summed E-state index contributed by atoms with van der Waals surface area (Å²) in [5, 5.41) is 3.89. The third kappa shape index (κ3) is 4.40. The van der Waals surface area contributed by atoms with Crippen molar-refractivity contribution in [1.82, 2.24) is 10.3 Å². The Bertz CT molecular complexity index is 311. The molecule has 0 atom stereocenters. The minimum absolute atomic E-state index is 0.0183. The Hall–Kier alpha value is -0.940. The van der Waals surface area contributed by atoms with Crippen LogP contribution in [0, 0.1) is 0 Å². The summed E-state index contributed by atoms with van der Waals surface area (Å²) in [7, 11) is 0. The van der Waals surface area contributed by atoms with E-state index in [1.165, 1.54) is 4.88 Å². The van der Waals surface area contributed by atoms with Crippen LogP contribution in [-0.4, -0.2) is 24.0 Å². The van der Waals surface area contributed by atoms with Crippen LogP contribution < -0.4 is 11.1 Å². The van der Waals surface area contributed by atoms with Crippen molar-refractivity contribution in [3.8, 4) is 0 Å². The standard InChI is InChI=1S/C10H17N3OS/c1-2-8-7-13-10(15-8)4-6-12-9(14)3-5-11/h7H,2-6,11H2,1H3,(H,12,14). The maximum absolute atomic E-state index is 11.1. The summed E-state index contributed by atoms with van der Waals surface area (Å²) < 4.78 is 0. The molecule has 4 nitrogen and oxygen atoms in total. The van der Waals surface area contributed by atoms with Crippen molar-refractivity contribution < 1.29 is 4.79 Å². The molecule has 0 bridgehead atoms. The molecule has 0 aromatic carbocycles. The molecule has 1 aromatic rings. The zero-order valence-corrected chi connectivity index (χ0v) is 9.77. The lowest BCUT2D eigenvalue weighted by Gasteiger charge is -2.01. The van der Waals surface area contributed by atoms with Gasteiger partial charge in [-0.1, -0.05) is 6.92 Å². The fourth-order valence-electron chi connectivity index (χ4n) is 1.16. The summed E-state index contributed by atoms with van der Waals surface area (Å²) in [5.41, 5.74) is 5.26. The smallest absolute Gasteiger partial charge is 0.221 e. The van der Waals surface area contributed by atoms with Crippen molar-refractivity contribution in [3.63, 3.8) is 0 Å². The van der Waals surface area contributed by atoms with Crippen molar-refractivity contribution in [2.24, 2.45) is 5.73 Å². The van der Waals surface area contributed by atoms with Gasteiger partial charge in [0.1, 0.15) is 0 Å². The largest absolute Gasteiger partial charge is 0.356 e. The van der Waals surface area contributed by atoms with E-state index in [1.54, 1.807) is 11.3 Å². The van der Waals surface area contributed by atoms with Crippen LogP contribution in [0.1, 0.15) is 23.2 Å². The Kier molecular flexibility index (Phi) is 5.28. The SMILES string of the molecule is CCc1cnc(CCNC(=O)CCN)s1. The number of carbonyl (C=O) groups is 1. The zero-order valence-electron chi connectivity index (χ0n) is 8.95. The fraction of sp³-hybridized carbons (Fsp3) is 0.600. The molecule has 0 saturated carbocycles. The topological polar surface area (TPSA) is 68.0 Å². The monoisotopic (exact) mass is 227 g/mol. The van der Waals surface area contributed by atoms with Crippen molar-refractivity contribution >= 4 is 17.2 Å². The molecule has 0 fully saturated rings. The molecule has 3 N–H and O–H groups in total. The molecular weight excluding hydrogens is 210 g/mol. The number of thiazole rings is 1. The van der Waals surface area contributed by atoms with Gasteiger partial charge in [0.15, 0.2) is 0 Å². The number of rotatable bonds is 6. The van der Waals surface area contributed by atoms with Gasteiger partial charge >= 0.3 is 0 Å². The number of nitrogens with two attached hydrogens (primary N) is 1. The van der Waals surface area contributed by atoms with Gasteiger partial charge in [-0.3, -0.25) is 4.79 Å². The molecule has 1 rings (SSSR count). The van der Waals surface area contributed by atoms with Gasteiger partial charge in [0.05, 0.1) is 5.01 Å². The second-order valence-corrected chi connectivity index (χ2v) is 4.41. The molecule has 0 aliphatic carbocycles. The molecule has 0 spiro atoms. The highest BCUT2D eigenvalue weighted by molar-refractivity contribution is 7.11. The van der Waals surface area contributed by atoms with Gasteiger partial charge in [0.25, 0.3) is 0 Å². The Morgan fingerprint density at radius 3 is 3.07 bits per heavy atom. The molecule has 15 heavy (non-hydrogen) atoms. The normalized spacial score (nSPS) is 10.3. The van der Waals surface area contributed by atoms with Crippen LogP contribution in [0.2, 0.25) is 0 Å². The lowest BCUT2D eigenvalue weighted by Crippen LogP contribution is -2.27. The summed E-state index contributed by atoms with van der Waals surface area (Å²) in [4.78, 5) is 16.6. The minimum Gasteiger partial charge on any atom is -0.356 e. The van der Waals surface area contributed by atoms with Gasteiger partial charge in [-0.25, -0.2) is 4.98 Å². The van der Waals surface area contributed by atoms with Gasteiger partial charge in [-0.05, 0) is 6.42 Å². The average molecular weight is 227 g/mol. The number of nitrogens with zero attached hydrogens (tertiary/aromatic N) is 1. The van der Waals surface area contributed by atoms with Crippen LogP contribution in [0.3, 0.4) is 0 Å². The first-order valence-electron chi connectivity index (χ1n) is 5.16. The van der Waals surface area contributed by atoms with Crippen LogP contribution in [0.25, 0.3) is 0 Å². The van der Waals surface area contributed by atoms with E-state index in [9.17, 15) is 4.79 Å². The fourth-order valence-corrected chi connectivity index (χ4v) is 2.02. The quantitative estimate of drug-likeness (QED) is 0.752. The van der Waals surface area contributed by atoms with Gasteiger partial charge in [-0.15, -0.1) is 11.3 Å². The second kappa shape index (κ2) is 6.53. The predicted octanol–water partition coefficient (Wildman–Crippen LogP) is 0.713. The Balaban J connectivity index is 2.22. The summed E-state index contributed by atoms with van der Waals surface area (Å²) >= 11 is 1.71. The average Bonchev–Trinajstić information content (AvgIpc) is 2.66. The zero-order chi connectivity index (χ0) is 11.1. The molecule has 0 saturated heterocycles. The molecule has 1 heterocycles. The predicted molar refractivity (Wildman–Crippen MR) is 61.9 cm³/mol. The van der Waals surface area contributed by atoms with E-state index in [-0.39, 0.29) is 5.91 Å². The molecule has 84 valence electrons. The lowest BCUT2D eigenvalue weighted by atomic mass is 10.4. The number of nitrogens with one attached hydrogen (secondary N) is 1. The maximum atomic E-state index is 11.1. The number of aryl methyl sites for hydroxylation is 1. The van der Waals surface area contributed by atoms with Gasteiger partial charge in [-0.2, -0.15) is 0 Å². The van der Waals surface area contributed by atoms with E-state index in [1.807, 2.05) is 6.20 Å². The van der Waals surface area contributed by atoms with E-state index in [2.05, 4.69) is 17.2 Å². The summed E-state index contributed by atoms with van der Waals surface area (Å²) in [6, 6.07) is 0.